The van der Waals surface area contributed by atoms with Crippen LogP contribution >= 0.6 is 11.3 Å². The van der Waals surface area contributed by atoms with E-state index < -0.39 is 0 Å². The fourth-order valence-corrected chi connectivity index (χ4v) is 1.70. The first kappa shape index (κ1) is 8.96. The predicted molar refractivity (Wildman–Crippen MR) is 59.2 cm³/mol. The predicted octanol–water partition coefficient (Wildman–Crippen LogP) is 2.32. The van der Waals surface area contributed by atoms with Gasteiger partial charge in [0.15, 0.2) is 5.13 Å². The van der Waals surface area contributed by atoms with Gasteiger partial charge in [0, 0.05) is 13.2 Å². The minimum absolute atomic E-state index is 0.863. The second-order valence-electron chi connectivity index (χ2n) is 2.65. The molecule has 5 heteroatoms. The van der Waals surface area contributed by atoms with Crippen molar-refractivity contribution in [1.82, 2.24) is 9.97 Å². The lowest BCUT2D eigenvalue weighted by molar-refractivity contribution is 1.31. The van der Waals surface area contributed by atoms with Gasteiger partial charge in [-0.05, 0) is 12.1 Å². The average Bonchev–Trinajstić information content (AvgIpc) is 2.67. The first-order valence-corrected chi connectivity index (χ1v) is 5.01. The molecule has 0 fully saturated rings. The monoisotopic (exact) mass is 206 g/mol. The van der Waals surface area contributed by atoms with Gasteiger partial charge in [0.2, 0.25) is 0 Å². The van der Waals surface area contributed by atoms with Gasteiger partial charge in [0.05, 0.1) is 18.1 Å². The molecule has 0 amide bonds. The second kappa shape index (κ2) is 4.06. The maximum atomic E-state index is 4.20. The zero-order valence-corrected chi connectivity index (χ0v) is 8.51. The lowest BCUT2D eigenvalue weighted by atomic mass is 10.4. The average molecular weight is 206 g/mol. The van der Waals surface area contributed by atoms with Crippen LogP contribution < -0.4 is 10.6 Å². The molecule has 0 saturated carbocycles. The Morgan fingerprint density at radius 2 is 2.29 bits per heavy atom. The van der Waals surface area contributed by atoms with Gasteiger partial charge in [-0.15, -0.1) is 0 Å². The van der Waals surface area contributed by atoms with Gasteiger partial charge >= 0.3 is 0 Å². The SMILES string of the molecule is CNc1cnc(Nc2cccnc2)s1. The Morgan fingerprint density at radius 1 is 1.36 bits per heavy atom. The van der Waals surface area contributed by atoms with E-state index in [0.717, 1.165) is 15.8 Å². The molecule has 2 N–H and O–H groups in total. The lowest BCUT2D eigenvalue weighted by Crippen LogP contribution is -1.88. The topological polar surface area (TPSA) is 49.8 Å². The highest BCUT2D eigenvalue weighted by Crippen LogP contribution is 2.25. The molecule has 0 radical (unpaired) electrons. The molecule has 4 nitrogen and oxygen atoms in total. The third-order valence-electron chi connectivity index (χ3n) is 1.66. The summed E-state index contributed by atoms with van der Waals surface area (Å²) in [6.07, 6.45) is 5.30. The Balaban J connectivity index is 2.11. The van der Waals surface area contributed by atoms with E-state index >= 15 is 0 Å². The fraction of sp³-hybridized carbons (Fsp3) is 0.111. The van der Waals surface area contributed by atoms with E-state index in [1.165, 1.54) is 0 Å². The molecular weight excluding hydrogens is 196 g/mol. The third kappa shape index (κ3) is 2.00. The van der Waals surface area contributed by atoms with E-state index in [1.54, 1.807) is 29.9 Å². The van der Waals surface area contributed by atoms with Gasteiger partial charge in [0.25, 0.3) is 0 Å². The standard InChI is InChI=1S/C9H10N4S/c1-10-8-6-12-9(14-8)13-7-3-2-4-11-5-7/h2-6,10H,1H3,(H,12,13). The molecule has 2 aromatic rings. The van der Waals surface area contributed by atoms with Gasteiger partial charge in [-0.2, -0.15) is 0 Å². The molecule has 0 atom stereocenters. The van der Waals surface area contributed by atoms with E-state index in [4.69, 9.17) is 0 Å². The van der Waals surface area contributed by atoms with E-state index in [-0.39, 0.29) is 0 Å². The molecule has 2 aromatic heterocycles. The van der Waals surface area contributed by atoms with Crippen LogP contribution in [0.2, 0.25) is 0 Å². The number of nitrogens with one attached hydrogen (secondary N) is 2. The van der Waals surface area contributed by atoms with Crippen molar-refractivity contribution in [3.05, 3.63) is 30.7 Å². The molecule has 0 spiro atoms. The van der Waals surface area contributed by atoms with Crippen molar-refractivity contribution < 1.29 is 0 Å². The maximum absolute atomic E-state index is 4.20. The summed E-state index contributed by atoms with van der Waals surface area (Å²) < 4.78 is 0. The largest absolute Gasteiger partial charge is 0.379 e. The van der Waals surface area contributed by atoms with Crippen molar-refractivity contribution in [3.8, 4) is 0 Å². The van der Waals surface area contributed by atoms with E-state index in [0.29, 0.717) is 0 Å². The van der Waals surface area contributed by atoms with E-state index in [9.17, 15) is 0 Å². The van der Waals surface area contributed by atoms with Gasteiger partial charge in [-0.25, -0.2) is 4.98 Å². The second-order valence-corrected chi connectivity index (χ2v) is 3.68. The van der Waals surface area contributed by atoms with Gasteiger partial charge in [-0.1, -0.05) is 11.3 Å². The van der Waals surface area contributed by atoms with Crippen LogP contribution in [0.5, 0.6) is 0 Å². The number of nitrogens with zero attached hydrogens (tertiary/aromatic N) is 2. The summed E-state index contributed by atoms with van der Waals surface area (Å²) in [4.78, 5) is 8.21. The molecular formula is C9H10N4S. The van der Waals surface area contributed by atoms with E-state index in [2.05, 4.69) is 20.6 Å². The molecule has 72 valence electrons. The quantitative estimate of drug-likeness (QED) is 0.809. The van der Waals surface area contributed by atoms with Crippen LogP contribution in [0.1, 0.15) is 0 Å². The minimum atomic E-state index is 0.863. The van der Waals surface area contributed by atoms with Crippen molar-refractivity contribution in [2.75, 3.05) is 17.7 Å². The van der Waals surface area contributed by atoms with Crippen LogP contribution in [-0.2, 0) is 0 Å². The summed E-state index contributed by atoms with van der Waals surface area (Å²) in [6.45, 7) is 0. The molecule has 0 saturated heterocycles. The molecule has 14 heavy (non-hydrogen) atoms. The molecule has 0 bridgehead atoms. The zero-order valence-electron chi connectivity index (χ0n) is 7.69. The summed E-state index contributed by atoms with van der Waals surface area (Å²) in [6, 6.07) is 3.84. The number of rotatable bonds is 3. The van der Waals surface area contributed by atoms with Crippen LogP contribution in [0, 0.1) is 0 Å². The van der Waals surface area contributed by atoms with Gasteiger partial charge < -0.3 is 10.6 Å². The smallest absolute Gasteiger partial charge is 0.189 e. The fourth-order valence-electron chi connectivity index (χ4n) is 1.01. The number of hydrogen-bond donors (Lipinski definition) is 2. The van der Waals surface area contributed by atoms with Crippen LogP contribution in [-0.4, -0.2) is 17.0 Å². The zero-order chi connectivity index (χ0) is 9.80. The van der Waals surface area contributed by atoms with Crippen LogP contribution in [0.25, 0.3) is 0 Å². The number of hydrogen-bond acceptors (Lipinski definition) is 5. The van der Waals surface area contributed by atoms with Crippen molar-refractivity contribution in [2.24, 2.45) is 0 Å². The number of thiazole rings is 1. The minimum Gasteiger partial charge on any atom is -0.379 e. The number of pyridine rings is 1. The number of aromatic nitrogens is 2. The summed E-state index contributed by atoms with van der Waals surface area (Å²) in [5, 5.41) is 8.10. The molecule has 2 rings (SSSR count). The Kier molecular flexibility index (Phi) is 2.60. The molecule has 0 aliphatic rings. The highest BCUT2D eigenvalue weighted by atomic mass is 32.1. The Hall–Kier alpha value is -1.62. The van der Waals surface area contributed by atoms with Gasteiger partial charge in [0.1, 0.15) is 5.00 Å². The third-order valence-corrected chi connectivity index (χ3v) is 2.60. The number of anilines is 3. The van der Waals surface area contributed by atoms with E-state index in [1.807, 2.05) is 19.2 Å². The van der Waals surface area contributed by atoms with Gasteiger partial charge in [-0.3, -0.25) is 4.98 Å². The van der Waals surface area contributed by atoms with Crippen molar-refractivity contribution in [2.45, 2.75) is 0 Å². The Labute approximate surface area is 86.0 Å². The summed E-state index contributed by atoms with van der Waals surface area (Å²) in [7, 11) is 1.88. The first-order valence-electron chi connectivity index (χ1n) is 4.19. The maximum Gasteiger partial charge on any atom is 0.189 e. The Bertz CT molecular complexity index is 398. The molecule has 2 heterocycles. The van der Waals surface area contributed by atoms with Crippen molar-refractivity contribution in [1.29, 1.82) is 0 Å². The van der Waals surface area contributed by atoms with Crippen molar-refractivity contribution >= 4 is 27.2 Å². The molecule has 0 aliphatic carbocycles. The first-order chi connectivity index (χ1) is 6.88. The summed E-state index contributed by atoms with van der Waals surface area (Å²) in [5.41, 5.74) is 0.949. The summed E-state index contributed by atoms with van der Waals surface area (Å²) in [5.74, 6) is 0. The lowest BCUT2D eigenvalue weighted by Gasteiger charge is -1.99. The Morgan fingerprint density at radius 3 is 2.93 bits per heavy atom. The van der Waals surface area contributed by atoms with Crippen molar-refractivity contribution in [3.63, 3.8) is 0 Å². The highest BCUT2D eigenvalue weighted by Gasteiger charge is 1.99. The van der Waals surface area contributed by atoms with Crippen LogP contribution in [0.4, 0.5) is 15.8 Å². The molecule has 0 unspecified atom stereocenters. The normalized spacial score (nSPS) is 9.79. The van der Waals surface area contributed by atoms with Crippen LogP contribution in [0.15, 0.2) is 30.7 Å². The molecule has 0 aromatic carbocycles. The van der Waals surface area contributed by atoms with Crippen LogP contribution in [0.3, 0.4) is 0 Å². The summed E-state index contributed by atoms with van der Waals surface area (Å²) >= 11 is 1.57. The highest BCUT2D eigenvalue weighted by molar-refractivity contribution is 7.19. The molecule has 0 aliphatic heterocycles.